The minimum atomic E-state index is -1.43. The lowest BCUT2D eigenvalue weighted by molar-refractivity contribution is -0.136. The number of fused-ring (bicyclic) bond motifs is 2. The van der Waals surface area contributed by atoms with Crippen LogP contribution in [0.5, 0.6) is 69.0 Å². The van der Waals surface area contributed by atoms with Crippen LogP contribution in [-0.4, -0.2) is 157 Å². The summed E-state index contributed by atoms with van der Waals surface area (Å²) in [5.41, 5.74) is 2.93. The van der Waals surface area contributed by atoms with Crippen LogP contribution in [0.25, 0.3) is 43.1 Å². The van der Waals surface area contributed by atoms with E-state index in [2.05, 4.69) is 0 Å². The molecular weight excluding hydrogens is 1500 g/mol. The molecule has 0 aromatic heterocycles. The number of carbonyl (C=O) groups excluding carboxylic acids is 6. The van der Waals surface area contributed by atoms with Gasteiger partial charge in [-0.2, -0.15) is 0 Å². The number of amides is 6. The molecule has 6 amide bonds. The second-order valence-electron chi connectivity index (χ2n) is 30.1. The van der Waals surface area contributed by atoms with Crippen molar-refractivity contribution in [3.8, 4) is 69.0 Å². The van der Waals surface area contributed by atoms with Crippen LogP contribution in [0.15, 0.2) is 243 Å². The second-order valence-corrected chi connectivity index (χ2v) is 30.1. The Morgan fingerprint density at radius 1 is 0.322 bits per heavy atom. The first-order valence-corrected chi connectivity index (χ1v) is 39.8. The van der Waals surface area contributed by atoms with Crippen molar-refractivity contribution in [1.29, 1.82) is 0 Å². The predicted octanol–water partition coefficient (Wildman–Crippen LogP) is 16.5. The highest BCUT2D eigenvalue weighted by Gasteiger charge is 2.48. The Hall–Kier alpha value is -13.4. The summed E-state index contributed by atoms with van der Waals surface area (Å²) >= 11 is 0. The third-order valence-corrected chi connectivity index (χ3v) is 22.1. The molecule has 0 bridgehead atoms. The van der Waals surface area contributed by atoms with Gasteiger partial charge in [-0.25, -0.2) is 0 Å². The molecule has 13 aromatic carbocycles. The average molecular weight is 1580 g/mol. The Labute approximate surface area is 678 Å². The lowest BCUT2D eigenvalue weighted by Gasteiger charge is -2.37. The van der Waals surface area contributed by atoms with Gasteiger partial charge in [0.1, 0.15) is 132 Å². The summed E-state index contributed by atoms with van der Waals surface area (Å²) in [6.07, 6.45) is -0.339. The molecule has 592 valence electrons. The molecule has 6 heterocycles. The van der Waals surface area contributed by atoms with Gasteiger partial charge in [-0.05, 0) is 157 Å². The van der Waals surface area contributed by atoms with Crippen LogP contribution in [0.1, 0.15) is 77.5 Å². The van der Waals surface area contributed by atoms with Gasteiger partial charge in [0.05, 0.1) is 48.7 Å². The van der Waals surface area contributed by atoms with E-state index in [-0.39, 0.29) is 175 Å². The van der Waals surface area contributed by atoms with Gasteiger partial charge in [0.2, 0.25) is 11.8 Å². The largest absolute Gasteiger partial charge is 0.491 e. The SMILES string of the molecule is CCN(Cc1ccccc1)C(=O)C(Cc1ccccc1)N1C(=O)c2cc(Oc3ccc(OCC4CO4)cc3)c3c4c(Oc5ccc(OCC6CO6)cc5)cc5c6c(cc(Oc7ccc(OCC8CO8)cc7)c(c7c(Oc8ccc(OCC9CO9)cc8)cc(c2c37)C1=O)c64)C(=O)N(C(Cc1ccccc1)C(=O)N(CC)Cc1ccccc1)C5=O. The van der Waals surface area contributed by atoms with E-state index in [1.807, 2.05) is 135 Å². The standard InChI is InChI=1S/C96H80N4O18/c1-3-97(47-59-21-13-7-14-22-59)95(105)77(41-57-17-9-5-10-18-57)99-91(101)73-43-79(115-65-33-25-61(26-34-65)107-49-69-53-111-69)85-87-81(117-67-37-29-63(30-38-67)109-51-71-55-113-71)45-75-84-76(94(104)100(93(75)103)78(42-58-19-11-6-12-20-58)96(106)98(4-2)48-60-23-15-8-16-24-60)46-82(118-68-39-31-64(32-40-68)110-52-72-56-114-72)88(90(84)87)86-80(44-74(92(99)102)83(73)89(85)86)116-66-35-27-62(28-36-66)108-50-70-54-112-70/h5-40,43-46,69-72,77-78H,3-4,41-42,47-56H2,1-2H3. The van der Waals surface area contributed by atoms with Crippen LogP contribution >= 0.6 is 0 Å². The zero-order chi connectivity index (χ0) is 80.1. The predicted molar refractivity (Wildman–Crippen MR) is 439 cm³/mol. The van der Waals surface area contributed by atoms with Gasteiger partial charge in [-0.1, -0.05) is 121 Å². The molecule has 6 aliphatic rings. The first-order chi connectivity index (χ1) is 57.8. The molecule has 22 heteroatoms. The summed E-state index contributed by atoms with van der Waals surface area (Å²) < 4.78 is 76.2. The fraction of sp³-hybridized carbons (Fsp3) is 0.229. The summed E-state index contributed by atoms with van der Waals surface area (Å²) in [4.78, 5) is 105. The fourth-order valence-electron chi connectivity index (χ4n) is 15.7. The van der Waals surface area contributed by atoms with Gasteiger partial charge < -0.3 is 66.6 Å². The van der Waals surface area contributed by atoms with Gasteiger partial charge in [-0.3, -0.25) is 38.6 Å². The average Bonchev–Trinajstić information content (AvgIpc) is 0.764. The Morgan fingerprint density at radius 3 is 0.780 bits per heavy atom. The molecule has 4 saturated heterocycles. The number of benzene rings is 13. The number of hydrogen-bond donors (Lipinski definition) is 0. The Kier molecular flexibility index (Phi) is 20.3. The molecule has 0 saturated carbocycles. The second kappa shape index (κ2) is 32.0. The highest BCUT2D eigenvalue weighted by atomic mass is 16.6. The van der Waals surface area contributed by atoms with Crippen molar-refractivity contribution in [2.24, 2.45) is 0 Å². The summed E-state index contributed by atoms with van der Waals surface area (Å²) in [6.45, 7) is 8.06. The molecule has 6 atom stereocenters. The van der Waals surface area contributed by atoms with E-state index in [0.29, 0.717) is 87.0 Å². The molecule has 6 unspecified atom stereocenters. The highest BCUT2D eigenvalue weighted by molar-refractivity contribution is 6.45. The van der Waals surface area contributed by atoms with E-state index in [9.17, 15) is 0 Å². The maximum absolute atomic E-state index is 16.9. The molecular formula is C96H80N4O18. The summed E-state index contributed by atoms with van der Waals surface area (Å²) in [5.74, 6) is -0.950. The topological polar surface area (TPSA) is 239 Å². The summed E-state index contributed by atoms with van der Waals surface area (Å²) in [7, 11) is 0. The Morgan fingerprint density at radius 2 is 0.551 bits per heavy atom. The Bertz CT molecular complexity index is 5370. The summed E-state index contributed by atoms with van der Waals surface area (Å²) in [5, 5.41) is 1.65. The van der Waals surface area contributed by atoms with E-state index in [1.165, 1.54) is 0 Å². The number of hydrogen-bond acceptors (Lipinski definition) is 18. The normalized spacial score (nSPS) is 17.3. The molecule has 0 radical (unpaired) electrons. The van der Waals surface area contributed by atoms with Crippen LogP contribution in [0, 0.1) is 0 Å². The third-order valence-electron chi connectivity index (χ3n) is 22.1. The zero-order valence-corrected chi connectivity index (χ0v) is 64.6. The van der Waals surface area contributed by atoms with Crippen LogP contribution in [0.3, 0.4) is 0 Å². The monoisotopic (exact) mass is 1580 g/mol. The minimum absolute atomic E-state index is 0.0273. The van der Waals surface area contributed by atoms with E-state index in [1.54, 1.807) is 131 Å². The summed E-state index contributed by atoms with van der Waals surface area (Å²) in [6, 6.07) is 68.9. The maximum Gasteiger partial charge on any atom is 0.262 e. The molecule has 118 heavy (non-hydrogen) atoms. The molecule has 4 fully saturated rings. The number of rotatable bonds is 34. The number of nitrogens with zero attached hydrogens (tertiary/aromatic N) is 4. The van der Waals surface area contributed by atoms with Crippen LogP contribution in [0.4, 0.5) is 0 Å². The molecule has 22 nitrogen and oxygen atoms in total. The van der Waals surface area contributed by atoms with Gasteiger partial charge >= 0.3 is 0 Å². The lowest BCUT2D eigenvalue weighted by Crippen LogP contribution is -2.55. The van der Waals surface area contributed by atoms with Gasteiger partial charge in [0.25, 0.3) is 23.6 Å². The van der Waals surface area contributed by atoms with Crippen molar-refractivity contribution in [1.82, 2.24) is 19.6 Å². The van der Waals surface area contributed by atoms with Gasteiger partial charge in [0.15, 0.2) is 0 Å². The number of ether oxygens (including phenoxy) is 12. The first kappa shape index (κ1) is 74.7. The van der Waals surface area contributed by atoms with Crippen molar-refractivity contribution in [2.45, 2.75) is 76.3 Å². The number of carbonyl (C=O) groups is 6. The van der Waals surface area contributed by atoms with Crippen LogP contribution in [-0.2, 0) is 54.5 Å². The highest BCUT2D eigenvalue weighted by Crippen LogP contribution is 2.58. The lowest BCUT2D eigenvalue weighted by atomic mass is 9.80. The zero-order valence-electron chi connectivity index (χ0n) is 64.6. The van der Waals surface area contributed by atoms with E-state index >= 15 is 28.8 Å². The van der Waals surface area contributed by atoms with Crippen LogP contribution < -0.4 is 37.9 Å². The third kappa shape index (κ3) is 15.4. The van der Waals surface area contributed by atoms with E-state index in [4.69, 9.17) is 56.8 Å². The van der Waals surface area contributed by atoms with Gasteiger partial charge in [0, 0.05) is 82.1 Å². The smallest absolute Gasteiger partial charge is 0.262 e. The molecule has 0 aliphatic carbocycles. The number of likely N-dealkylation sites (N-methyl/N-ethyl adjacent to an activating group) is 2. The van der Waals surface area contributed by atoms with E-state index in [0.717, 1.165) is 20.9 Å². The molecule has 13 aromatic rings. The minimum Gasteiger partial charge on any atom is -0.491 e. The molecule has 19 rings (SSSR count). The molecule has 6 aliphatic heterocycles. The quantitative estimate of drug-likeness (QED) is 0.0158. The maximum atomic E-state index is 16.9. The molecule has 0 spiro atoms. The fourth-order valence-corrected chi connectivity index (χ4v) is 15.7. The molecule has 0 N–H and O–H groups in total. The van der Waals surface area contributed by atoms with Crippen molar-refractivity contribution < 1.29 is 85.6 Å². The first-order valence-electron chi connectivity index (χ1n) is 39.8. The van der Waals surface area contributed by atoms with Crippen LogP contribution in [0.2, 0.25) is 0 Å². The van der Waals surface area contributed by atoms with Crippen molar-refractivity contribution in [3.63, 3.8) is 0 Å². The van der Waals surface area contributed by atoms with E-state index < -0.39 is 47.5 Å². The van der Waals surface area contributed by atoms with Crippen molar-refractivity contribution in [3.05, 3.63) is 287 Å². The Balaban J connectivity index is 0.901. The number of imide groups is 2. The van der Waals surface area contributed by atoms with Crippen molar-refractivity contribution >= 4 is 78.5 Å². The van der Waals surface area contributed by atoms with Crippen molar-refractivity contribution in [2.75, 3.05) is 65.9 Å². The van der Waals surface area contributed by atoms with Gasteiger partial charge in [-0.15, -0.1) is 0 Å². The number of epoxide rings is 4.